The normalized spacial score (nSPS) is 18.3. The molecule has 5 heteroatoms. The molecule has 2 aromatic rings. The predicted octanol–water partition coefficient (Wildman–Crippen LogP) is 3.92. The van der Waals surface area contributed by atoms with Crippen LogP contribution in [0.2, 0.25) is 0 Å². The Kier molecular flexibility index (Phi) is 5.16. The Morgan fingerprint density at radius 3 is 1.54 bits per heavy atom. The summed E-state index contributed by atoms with van der Waals surface area (Å²) in [5.74, 6) is -1.02. The van der Waals surface area contributed by atoms with E-state index in [0.717, 1.165) is 0 Å². The van der Waals surface area contributed by atoms with Gasteiger partial charge in [-0.15, -0.1) is 0 Å². The zero-order valence-corrected chi connectivity index (χ0v) is 14.7. The molecule has 0 saturated carbocycles. The number of hydrogen-bond acceptors (Lipinski definition) is 5. The minimum atomic E-state index is -0.873. The Bertz CT molecular complexity index is 785. The van der Waals surface area contributed by atoms with Crippen molar-refractivity contribution in [3.63, 3.8) is 0 Å². The van der Waals surface area contributed by atoms with Gasteiger partial charge in [-0.05, 0) is 0 Å². The van der Waals surface area contributed by atoms with Crippen LogP contribution < -0.4 is 0 Å². The van der Waals surface area contributed by atoms with E-state index in [9.17, 15) is 14.4 Å². The van der Waals surface area contributed by atoms with Crippen molar-refractivity contribution < 1.29 is 23.9 Å². The van der Waals surface area contributed by atoms with E-state index in [2.05, 4.69) is 0 Å². The van der Waals surface area contributed by atoms with E-state index in [4.69, 9.17) is 9.47 Å². The Morgan fingerprint density at radius 2 is 1.15 bits per heavy atom. The molecule has 0 amide bonds. The number of carbonyl (C=O) groups excluding carboxylic acids is 3. The highest BCUT2D eigenvalue weighted by molar-refractivity contribution is 6.11. The molecular weight excluding hydrogens is 332 g/mol. The van der Waals surface area contributed by atoms with Crippen molar-refractivity contribution in [2.75, 3.05) is 0 Å². The molecule has 5 nitrogen and oxygen atoms in total. The van der Waals surface area contributed by atoms with Crippen LogP contribution in [0.5, 0.6) is 0 Å². The molecule has 1 aliphatic rings. The van der Waals surface area contributed by atoms with E-state index in [1.165, 1.54) is 0 Å². The van der Waals surface area contributed by atoms with Gasteiger partial charge in [-0.1, -0.05) is 62.4 Å². The molecule has 134 valence electrons. The van der Waals surface area contributed by atoms with Gasteiger partial charge in [0, 0.05) is 35.1 Å². The van der Waals surface area contributed by atoms with Gasteiger partial charge in [-0.3, -0.25) is 14.4 Å². The molecule has 2 atom stereocenters. The molecule has 0 spiro atoms. The molecule has 0 saturated heterocycles. The number of ether oxygens (including phenoxy) is 2. The predicted molar refractivity (Wildman–Crippen MR) is 94.6 cm³/mol. The molecule has 0 N–H and O–H groups in total. The van der Waals surface area contributed by atoms with Crippen molar-refractivity contribution in [1.29, 1.82) is 0 Å². The second-order valence-corrected chi connectivity index (χ2v) is 6.03. The van der Waals surface area contributed by atoms with Crippen LogP contribution in [0, 0.1) is 0 Å². The SMILES string of the molecule is CCC(=O)O[C@H]1c2ccccc2C(=O)c2ccccc2[C@@H]1OC(=O)CC. The van der Waals surface area contributed by atoms with Gasteiger partial charge in [0.25, 0.3) is 0 Å². The van der Waals surface area contributed by atoms with Crippen molar-refractivity contribution in [3.05, 3.63) is 70.8 Å². The lowest BCUT2D eigenvalue weighted by Gasteiger charge is -2.27. The van der Waals surface area contributed by atoms with Crippen LogP contribution in [0.1, 0.15) is 65.9 Å². The number of benzene rings is 2. The zero-order chi connectivity index (χ0) is 18.7. The summed E-state index contributed by atoms with van der Waals surface area (Å²) in [7, 11) is 0. The molecule has 0 aromatic heterocycles. The number of fused-ring (bicyclic) bond motifs is 2. The number of carbonyl (C=O) groups is 3. The first-order chi connectivity index (χ1) is 12.6. The maximum Gasteiger partial charge on any atom is 0.306 e. The second kappa shape index (κ2) is 7.52. The van der Waals surface area contributed by atoms with Crippen LogP contribution in [0.4, 0.5) is 0 Å². The van der Waals surface area contributed by atoms with Crippen molar-refractivity contribution in [2.24, 2.45) is 0 Å². The molecule has 1 aliphatic carbocycles. The van der Waals surface area contributed by atoms with Crippen molar-refractivity contribution in [2.45, 2.75) is 38.9 Å². The van der Waals surface area contributed by atoms with E-state index < -0.39 is 24.1 Å². The van der Waals surface area contributed by atoms with Gasteiger partial charge in [0.1, 0.15) is 0 Å². The highest BCUT2D eigenvalue weighted by Crippen LogP contribution is 2.42. The van der Waals surface area contributed by atoms with Gasteiger partial charge in [-0.25, -0.2) is 0 Å². The number of rotatable bonds is 4. The number of hydrogen-bond donors (Lipinski definition) is 0. The average Bonchev–Trinajstić information content (AvgIpc) is 2.77. The summed E-state index contributed by atoms with van der Waals surface area (Å²) in [5, 5.41) is 0. The largest absolute Gasteiger partial charge is 0.453 e. The van der Waals surface area contributed by atoms with Crippen LogP contribution in [-0.4, -0.2) is 17.7 Å². The molecule has 0 heterocycles. The summed E-state index contributed by atoms with van der Waals surface area (Å²) in [4.78, 5) is 37.1. The average molecular weight is 352 g/mol. The molecular formula is C21H20O5. The summed E-state index contributed by atoms with van der Waals surface area (Å²) in [5.41, 5.74) is 1.99. The van der Waals surface area contributed by atoms with E-state index in [-0.39, 0.29) is 18.6 Å². The van der Waals surface area contributed by atoms with E-state index >= 15 is 0 Å². The van der Waals surface area contributed by atoms with Crippen LogP contribution in [0.15, 0.2) is 48.5 Å². The van der Waals surface area contributed by atoms with Gasteiger partial charge in [0.15, 0.2) is 18.0 Å². The lowest BCUT2D eigenvalue weighted by Crippen LogP contribution is -2.23. The molecule has 0 fully saturated rings. The molecule has 0 radical (unpaired) electrons. The highest BCUT2D eigenvalue weighted by Gasteiger charge is 2.39. The fourth-order valence-electron chi connectivity index (χ4n) is 3.08. The fraction of sp³-hybridized carbons (Fsp3) is 0.286. The highest BCUT2D eigenvalue weighted by atomic mass is 16.6. The molecule has 0 unspecified atom stereocenters. The molecule has 0 bridgehead atoms. The second-order valence-electron chi connectivity index (χ2n) is 6.03. The Morgan fingerprint density at radius 1 is 0.769 bits per heavy atom. The van der Waals surface area contributed by atoms with Gasteiger partial charge < -0.3 is 9.47 Å². The summed E-state index contributed by atoms with van der Waals surface area (Å²) >= 11 is 0. The number of ketones is 1. The standard InChI is InChI=1S/C21H20O5/c1-3-17(22)25-20-15-11-7-5-9-13(15)19(24)14-10-6-8-12-16(14)21(20)26-18(23)4-2/h5-12,20-21H,3-4H2,1-2H3/t20-,21-/m0/s1. The van der Waals surface area contributed by atoms with E-state index in [0.29, 0.717) is 22.3 Å². The van der Waals surface area contributed by atoms with Crippen LogP contribution in [0.25, 0.3) is 0 Å². The quantitative estimate of drug-likeness (QED) is 0.780. The first kappa shape index (κ1) is 17.9. The van der Waals surface area contributed by atoms with Gasteiger partial charge in [-0.2, -0.15) is 0 Å². The van der Waals surface area contributed by atoms with E-state index in [1.807, 2.05) is 0 Å². The lowest BCUT2D eigenvalue weighted by molar-refractivity contribution is -0.169. The van der Waals surface area contributed by atoms with Crippen molar-refractivity contribution in [3.8, 4) is 0 Å². The Balaban J connectivity index is 2.22. The minimum absolute atomic E-state index is 0.177. The summed E-state index contributed by atoms with van der Waals surface area (Å²) < 4.78 is 11.3. The lowest BCUT2D eigenvalue weighted by atomic mass is 9.97. The molecule has 26 heavy (non-hydrogen) atoms. The first-order valence-corrected chi connectivity index (χ1v) is 8.68. The topological polar surface area (TPSA) is 69.7 Å². The smallest absolute Gasteiger partial charge is 0.306 e. The summed E-state index contributed by atoms with van der Waals surface area (Å²) in [6.07, 6.45) is -1.38. The maximum absolute atomic E-state index is 13.0. The monoisotopic (exact) mass is 352 g/mol. The third-order valence-electron chi connectivity index (χ3n) is 4.39. The molecule has 3 rings (SSSR count). The van der Waals surface area contributed by atoms with Crippen LogP contribution >= 0.6 is 0 Å². The third kappa shape index (κ3) is 3.25. The number of esters is 2. The fourth-order valence-corrected chi connectivity index (χ4v) is 3.08. The molecule has 0 aliphatic heterocycles. The molecule has 2 aromatic carbocycles. The van der Waals surface area contributed by atoms with Crippen molar-refractivity contribution in [1.82, 2.24) is 0 Å². The summed E-state index contributed by atoms with van der Waals surface area (Å²) in [6, 6.07) is 13.9. The third-order valence-corrected chi connectivity index (χ3v) is 4.39. The zero-order valence-electron chi connectivity index (χ0n) is 14.7. The van der Waals surface area contributed by atoms with Crippen molar-refractivity contribution >= 4 is 17.7 Å². The first-order valence-electron chi connectivity index (χ1n) is 8.68. The minimum Gasteiger partial charge on any atom is -0.453 e. The van der Waals surface area contributed by atoms with Gasteiger partial charge in [0.05, 0.1) is 0 Å². The van der Waals surface area contributed by atoms with Crippen LogP contribution in [0.3, 0.4) is 0 Å². The Hall–Kier alpha value is -2.95. The van der Waals surface area contributed by atoms with E-state index in [1.54, 1.807) is 62.4 Å². The van der Waals surface area contributed by atoms with Crippen LogP contribution in [-0.2, 0) is 19.1 Å². The Labute approximate surface area is 151 Å². The maximum atomic E-state index is 13.0. The van der Waals surface area contributed by atoms with Gasteiger partial charge >= 0.3 is 11.9 Å². The summed E-state index contributed by atoms with van der Waals surface area (Å²) in [6.45, 7) is 3.38. The van der Waals surface area contributed by atoms with Gasteiger partial charge in [0.2, 0.25) is 0 Å².